The van der Waals surface area contributed by atoms with Crippen LogP contribution in [0.3, 0.4) is 0 Å². The van der Waals surface area contributed by atoms with E-state index in [2.05, 4.69) is 27.0 Å². The van der Waals surface area contributed by atoms with E-state index in [0.29, 0.717) is 17.2 Å². The van der Waals surface area contributed by atoms with Gasteiger partial charge in [0.25, 0.3) is 5.91 Å². The topological polar surface area (TPSA) is 87.1 Å². The third-order valence-corrected chi connectivity index (χ3v) is 8.96. The average molecular weight is 548 g/mol. The molecule has 2 saturated heterocycles. The number of para-hydroxylation sites is 1. The van der Waals surface area contributed by atoms with Gasteiger partial charge in [-0.25, -0.2) is 19.9 Å². The fraction of sp³-hybridized carbons (Fsp3) is 0.258. The summed E-state index contributed by atoms with van der Waals surface area (Å²) >= 11 is 1.51. The summed E-state index contributed by atoms with van der Waals surface area (Å²) in [5, 5.41) is 3.92. The van der Waals surface area contributed by atoms with Crippen molar-refractivity contribution < 1.29 is 4.79 Å². The number of hydrogen-bond acceptors (Lipinski definition) is 8. The van der Waals surface area contributed by atoms with Crippen LogP contribution in [0.2, 0.25) is 0 Å². The summed E-state index contributed by atoms with van der Waals surface area (Å²) in [4.78, 5) is 38.4. The molecule has 40 heavy (non-hydrogen) atoms. The minimum absolute atomic E-state index is 0.129. The van der Waals surface area contributed by atoms with E-state index in [1.165, 1.54) is 24.2 Å². The lowest BCUT2D eigenvalue weighted by Gasteiger charge is -2.45. The Hall–Kier alpha value is -4.21. The molecule has 3 aromatic heterocycles. The van der Waals surface area contributed by atoms with E-state index in [9.17, 15) is 4.79 Å². The third kappa shape index (κ3) is 4.61. The molecule has 7 rings (SSSR count). The number of thiazole rings is 1. The molecular formula is C31H29N7OS. The van der Waals surface area contributed by atoms with E-state index < -0.39 is 0 Å². The molecule has 5 heterocycles. The number of carbonyl (C=O) groups excluding carboxylic acids is 1. The zero-order valence-corrected chi connectivity index (χ0v) is 23.1. The number of pyridine rings is 1. The van der Waals surface area contributed by atoms with Crippen molar-refractivity contribution in [2.75, 3.05) is 36.4 Å². The molecule has 2 aliphatic rings. The third-order valence-electron chi connectivity index (χ3n) is 7.95. The molecule has 5 aromatic rings. The van der Waals surface area contributed by atoms with Crippen LogP contribution in [-0.4, -0.2) is 62.5 Å². The molecule has 2 fully saturated rings. The Bertz CT molecular complexity index is 1670. The van der Waals surface area contributed by atoms with Crippen LogP contribution in [0.5, 0.6) is 0 Å². The van der Waals surface area contributed by atoms with Gasteiger partial charge in [-0.1, -0.05) is 53.8 Å². The lowest BCUT2D eigenvalue weighted by Crippen LogP contribution is -2.58. The highest BCUT2D eigenvalue weighted by atomic mass is 32.1. The molecule has 9 heteroatoms. The number of nitrogens with zero attached hydrogens (tertiary/aromatic N) is 6. The molecule has 0 aliphatic carbocycles. The highest BCUT2D eigenvalue weighted by Gasteiger charge is 2.41. The van der Waals surface area contributed by atoms with Gasteiger partial charge in [-0.05, 0) is 50.6 Å². The van der Waals surface area contributed by atoms with Gasteiger partial charge < -0.3 is 10.2 Å². The van der Waals surface area contributed by atoms with E-state index in [-0.39, 0.29) is 11.4 Å². The van der Waals surface area contributed by atoms with Crippen molar-refractivity contribution in [1.82, 2.24) is 24.8 Å². The normalized spacial score (nSPS) is 19.1. The van der Waals surface area contributed by atoms with Gasteiger partial charge in [0.1, 0.15) is 26.9 Å². The van der Waals surface area contributed by atoms with E-state index >= 15 is 0 Å². The summed E-state index contributed by atoms with van der Waals surface area (Å²) in [6, 6.07) is 23.2. The number of rotatable bonds is 5. The zero-order chi connectivity index (χ0) is 27.1. The van der Waals surface area contributed by atoms with E-state index in [1.54, 1.807) is 6.20 Å². The lowest BCUT2D eigenvalue weighted by atomic mass is 9.96. The molecule has 0 unspecified atom stereocenters. The van der Waals surface area contributed by atoms with Crippen LogP contribution < -0.4 is 10.2 Å². The van der Waals surface area contributed by atoms with Crippen molar-refractivity contribution in [3.8, 4) is 22.0 Å². The molecule has 0 saturated carbocycles. The minimum atomic E-state index is -0.279. The molecule has 2 aliphatic heterocycles. The molecule has 0 radical (unpaired) electrons. The van der Waals surface area contributed by atoms with Crippen LogP contribution in [-0.2, 0) is 0 Å². The second-order valence-electron chi connectivity index (χ2n) is 10.7. The number of aromatic nitrogens is 4. The number of anilines is 2. The van der Waals surface area contributed by atoms with E-state index in [1.807, 2.05) is 72.8 Å². The number of carbonyl (C=O) groups is 1. The first-order valence-electron chi connectivity index (χ1n) is 13.6. The van der Waals surface area contributed by atoms with Gasteiger partial charge in [-0.15, -0.1) is 0 Å². The Balaban J connectivity index is 1.24. The summed E-state index contributed by atoms with van der Waals surface area (Å²) < 4.78 is 0. The molecule has 1 N–H and O–H groups in total. The summed E-state index contributed by atoms with van der Waals surface area (Å²) in [6.45, 7) is 6.24. The standard InChI is InChI=1S/C31H29N7OS/c1-31-14-8-16-38(31)18-17-37(20-31)26-19-25(33-27(36-26)21-9-3-2-4-10-21)28(39)34-23-12-6-5-11-22(23)29-35-24-13-7-15-32-30(24)40-29/h2-7,9-13,15,19H,8,14,16-18,20H2,1H3,(H,34,39)/t31-/m0/s1. The van der Waals surface area contributed by atoms with Gasteiger partial charge in [-0.2, -0.15) is 0 Å². The predicted octanol–water partition coefficient (Wildman–Crippen LogP) is 5.74. The van der Waals surface area contributed by atoms with Gasteiger partial charge >= 0.3 is 0 Å². The van der Waals surface area contributed by atoms with Gasteiger partial charge in [0, 0.05) is 48.6 Å². The molecule has 1 atom stereocenters. The Kier molecular flexibility index (Phi) is 6.25. The minimum Gasteiger partial charge on any atom is -0.353 e. The maximum Gasteiger partial charge on any atom is 0.274 e. The Labute approximate surface area is 236 Å². The number of hydrogen-bond donors (Lipinski definition) is 1. The lowest BCUT2D eigenvalue weighted by molar-refractivity contribution is 0.102. The largest absolute Gasteiger partial charge is 0.353 e. The van der Waals surface area contributed by atoms with Crippen LogP contribution in [0.15, 0.2) is 79.0 Å². The van der Waals surface area contributed by atoms with Crippen LogP contribution in [0.25, 0.3) is 32.3 Å². The number of amides is 1. The highest BCUT2D eigenvalue weighted by Crippen LogP contribution is 2.36. The maximum absolute atomic E-state index is 13.8. The Morgan fingerprint density at radius 1 is 0.950 bits per heavy atom. The quantitative estimate of drug-likeness (QED) is 0.300. The second-order valence-corrected chi connectivity index (χ2v) is 11.6. The van der Waals surface area contributed by atoms with Crippen LogP contribution in [0, 0.1) is 0 Å². The average Bonchev–Trinajstić information content (AvgIpc) is 3.60. The van der Waals surface area contributed by atoms with Gasteiger partial charge in [0.05, 0.1) is 5.69 Å². The van der Waals surface area contributed by atoms with E-state index in [4.69, 9.17) is 15.0 Å². The SMILES string of the molecule is C[C@@]12CCCN1CCN(c1cc(C(=O)Nc3ccccc3-c3nc4cccnc4s3)nc(-c3ccccc3)n1)C2. The van der Waals surface area contributed by atoms with Crippen molar-refractivity contribution in [1.29, 1.82) is 0 Å². The van der Waals surface area contributed by atoms with Crippen molar-refractivity contribution >= 4 is 39.1 Å². The van der Waals surface area contributed by atoms with Gasteiger partial charge in [0.15, 0.2) is 5.82 Å². The van der Waals surface area contributed by atoms with E-state index in [0.717, 1.165) is 58.5 Å². The molecule has 1 amide bonds. The fourth-order valence-electron chi connectivity index (χ4n) is 5.85. The number of benzene rings is 2. The van der Waals surface area contributed by atoms with Gasteiger partial charge in [-0.3, -0.25) is 9.69 Å². The van der Waals surface area contributed by atoms with Crippen LogP contribution in [0.1, 0.15) is 30.3 Å². The molecule has 8 nitrogen and oxygen atoms in total. The molecule has 0 spiro atoms. The summed E-state index contributed by atoms with van der Waals surface area (Å²) in [5.74, 6) is 1.06. The first-order chi connectivity index (χ1) is 19.6. The molecule has 200 valence electrons. The summed E-state index contributed by atoms with van der Waals surface area (Å²) in [6.07, 6.45) is 4.16. The highest BCUT2D eigenvalue weighted by molar-refractivity contribution is 7.21. The van der Waals surface area contributed by atoms with Crippen molar-refractivity contribution in [2.45, 2.75) is 25.3 Å². The summed E-state index contributed by atoms with van der Waals surface area (Å²) in [7, 11) is 0. The number of piperazine rings is 1. The smallest absolute Gasteiger partial charge is 0.274 e. The first-order valence-corrected chi connectivity index (χ1v) is 14.4. The first kappa shape index (κ1) is 24.8. The fourth-order valence-corrected chi connectivity index (χ4v) is 6.79. The molecule has 0 bridgehead atoms. The zero-order valence-electron chi connectivity index (χ0n) is 22.2. The Morgan fingerprint density at radius 2 is 1.80 bits per heavy atom. The van der Waals surface area contributed by atoms with Crippen LogP contribution in [0.4, 0.5) is 11.5 Å². The number of nitrogens with one attached hydrogen (secondary N) is 1. The maximum atomic E-state index is 13.8. The van der Waals surface area contributed by atoms with Crippen LogP contribution >= 0.6 is 11.3 Å². The molecular weight excluding hydrogens is 518 g/mol. The second kappa shape index (κ2) is 10.1. The van der Waals surface area contributed by atoms with Crippen molar-refractivity contribution in [2.24, 2.45) is 0 Å². The molecule has 2 aromatic carbocycles. The van der Waals surface area contributed by atoms with Crippen molar-refractivity contribution in [3.05, 3.63) is 84.7 Å². The summed E-state index contributed by atoms with van der Waals surface area (Å²) in [5.41, 5.74) is 3.72. The van der Waals surface area contributed by atoms with Crippen molar-refractivity contribution in [3.63, 3.8) is 0 Å². The Morgan fingerprint density at radius 3 is 2.67 bits per heavy atom. The predicted molar refractivity (Wildman–Crippen MR) is 160 cm³/mol. The monoisotopic (exact) mass is 547 g/mol. The van der Waals surface area contributed by atoms with Gasteiger partial charge in [0.2, 0.25) is 0 Å². The number of fused-ring (bicyclic) bond motifs is 2.